The smallest absolute Gasteiger partial charge is 0.315 e. The summed E-state index contributed by atoms with van der Waals surface area (Å²) in [7, 11) is -2.98. The molecule has 1 fully saturated rings. The molecule has 0 spiro atoms. The molecular weight excluding hydrogens is 390 g/mol. The lowest BCUT2D eigenvalue weighted by Crippen LogP contribution is -2.42. The number of unbranched alkanes of at least 4 members (excludes halogenated alkanes) is 3. The van der Waals surface area contributed by atoms with Gasteiger partial charge < -0.3 is 16.0 Å². The molecule has 150 valence electrons. The van der Waals surface area contributed by atoms with Crippen molar-refractivity contribution in [1.82, 2.24) is 16.0 Å². The first-order valence-electron chi connectivity index (χ1n) is 9.14. The Balaban J connectivity index is 1.46. The molecule has 1 aliphatic rings. The summed E-state index contributed by atoms with van der Waals surface area (Å²) in [6.45, 7) is 1.15. The third kappa shape index (κ3) is 8.17. The van der Waals surface area contributed by atoms with E-state index in [2.05, 4.69) is 16.0 Å². The Morgan fingerprint density at radius 3 is 2.22 bits per heavy atom. The molecule has 9 heteroatoms. The first kappa shape index (κ1) is 21.5. The summed E-state index contributed by atoms with van der Waals surface area (Å²) in [4.78, 5) is 23.6. The Labute approximate surface area is 165 Å². The Bertz CT molecular complexity index is 737. The van der Waals surface area contributed by atoms with Gasteiger partial charge in [-0.25, -0.2) is 13.2 Å². The van der Waals surface area contributed by atoms with Crippen LogP contribution in [0.1, 0.15) is 42.5 Å². The molecule has 0 aromatic heterocycles. The zero-order valence-corrected chi connectivity index (χ0v) is 16.7. The van der Waals surface area contributed by atoms with Crippen LogP contribution in [0, 0.1) is 0 Å². The van der Waals surface area contributed by atoms with Crippen molar-refractivity contribution in [3.05, 3.63) is 34.9 Å². The van der Waals surface area contributed by atoms with Crippen molar-refractivity contribution in [2.75, 3.05) is 24.6 Å². The molecule has 1 atom stereocenters. The number of benzene rings is 1. The summed E-state index contributed by atoms with van der Waals surface area (Å²) in [6.07, 6.45) is 4.07. The van der Waals surface area contributed by atoms with Crippen LogP contribution < -0.4 is 16.0 Å². The number of amides is 3. The van der Waals surface area contributed by atoms with E-state index in [-0.39, 0.29) is 29.5 Å². The average Bonchev–Trinajstić information content (AvgIpc) is 2.96. The van der Waals surface area contributed by atoms with Crippen molar-refractivity contribution < 1.29 is 18.0 Å². The minimum atomic E-state index is -2.98. The predicted octanol–water partition coefficient (Wildman–Crippen LogP) is 2.12. The fourth-order valence-corrected chi connectivity index (χ4v) is 4.66. The largest absolute Gasteiger partial charge is 0.352 e. The average molecular weight is 416 g/mol. The molecular formula is C18H26ClN3O4S. The van der Waals surface area contributed by atoms with Gasteiger partial charge in [-0.15, -0.1) is 0 Å². The van der Waals surface area contributed by atoms with Gasteiger partial charge in [0.15, 0.2) is 9.84 Å². The molecule has 7 nitrogen and oxygen atoms in total. The molecule has 2 rings (SSSR count). The highest BCUT2D eigenvalue weighted by atomic mass is 35.5. The lowest BCUT2D eigenvalue weighted by Gasteiger charge is -2.12. The summed E-state index contributed by atoms with van der Waals surface area (Å²) < 4.78 is 22.7. The van der Waals surface area contributed by atoms with Gasteiger partial charge >= 0.3 is 6.03 Å². The summed E-state index contributed by atoms with van der Waals surface area (Å²) >= 11 is 5.79. The molecule has 1 aliphatic heterocycles. The van der Waals surface area contributed by atoms with Crippen LogP contribution in [0.15, 0.2) is 24.3 Å². The van der Waals surface area contributed by atoms with Crippen LogP contribution in [-0.4, -0.2) is 51.0 Å². The number of halogens is 1. The lowest BCUT2D eigenvalue weighted by molar-refractivity contribution is 0.0953. The topological polar surface area (TPSA) is 104 Å². The van der Waals surface area contributed by atoms with E-state index in [0.717, 1.165) is 25.7 Å². The minimum absolute atomic E-state index is 0.0299. The second-order valence-electron chi connectivity index (χ2n) is 6.68. The van der Waals surface area contributed by atoms with Crippen LogP contribution in [0.4, 0.5) is 4.79 Å². The van der Waals surface area contributed by atoms with Crippen LogP contribution in [0.3, 0.4) is 0 Å². The predicted molar refractivity (Wildman–Crippen MR) is 106 cm³/mol. The van der Waals surface area contributed by atoms with Crippen molar-refractivity contribution in [2.45, 2.75) is 38.1 Å². The van der Waals surface area contributed by atoms with Crippen LogP contribution in [0.2, 0.25) is 5.02 Å². The van der Waals surface area contributed by atoms with E-state index < -0.39 is 9.84 Å². The second-order valence-corrected chi connectivity index (χ2v) is 9.34. The van der Waals surface area contributed by atoms with E-state index in [1.54, 1.807) is 24.3 Å². The van der Waals surface area contributed by atoms with Gasteiger partial charge in [-0.1, -0.05) is 24.4 Å². The molecule has 0 bridgehead atoms. The molecule has 1 heterocycles. The fraction of sp³-hybridized carbons (Fsp3) is 0.556. The third-order valence-corrected chi connectivity index (χ3v) is 6.37. The monoisotopic (exact) mass is 415 g/mol. The van der Waals surface area contributed by atoms with E-state index in [4.69, 9.17) is 11.6 Å². The van der Waals surface area contributed by atoms with Gasteiger partial charge in [0.1, 0.15) is 0 Å². The zero-order valence-electron chi connectivity index (χ0n) is 15.2. The quantitative estimate of drug-likeness (QED) is 0.537. The molecule has 1 saturated heterocycles. The van der Waals surface area contributed by atoms with Crippen molar-refractivity contribution in [3.63, 3.8) is 0 Å². The fourth-order valence-electron chi connectivity index (χ4n) is 2.86. The van der Waals surface area contributed by atoms with Crippen LogP contribution in [0.5, 0.6) is 0 Å². The highest BCUT2D eigenvalue weighted by molar-refractivity contribution is 7.91. The molecule has 0 radical (unpaired) electrons. The van der Waals surface area contributed by atoms with E-state index in [9.17, 15) is 18.0 Å². The number of sulfone groups is 1. The summed E-state index contributed by atoms with van der Waals surface area (Å²) in [6, 6.07) is 6.16. The second kappa shape index (κ2) is 10.5. The molecule has 0 saturated carbocycles. The normalized spacial score (nSPS) is 18.0. The highest BCUT2D eigenvalue weighted by Crippen LogP contribution is 2.11. The Morgan fingerprint density at radius 2 is 1.63 bits per heavy atom. The lowest BCUT2D eigenvalue weighted by atomic mass is 10.2. The summed E-state index contributed by atoms with van der Waals surface area (Å²) in [5.41, 5.74) is 0.588. The van der Waals surface area contributed by atoms with Gasteiger partial charge in [-0.05, 0) is 43.5 Å². The molecule has 1 aromatic rings. The van der Waals surface area contributed by atoms with Crippen LogP contribution in [-0.2, 0) is 9.84 Å². The van der Waals surface area contributed by atoms with Crippen molar-refractivity contribution >= 4 is 33.4 Å². The zero-order chi connectivity index (χ0) is 19.7. The van der Waals surface area contributed by atoms with Gasteiger partial charge in [-0.3, -0.25) is 4.79 Å². The Kier molecular flexibility index (Phi) is 8.37. The van der Waals surface area contributed by atoms with Crippen molar-refractivity contribution in [2.24, 2.45) is 0 Å². The third-order valence-electron chi connectivity index (χ3n) is 4.35. The molecule has 3 amide bonds. The van der Waals surface area contributed by atoms with Crippen LogP contribution >= 0.6 is 11.6 Å². The number of nitrogens with one attached hydrogen (secondary N) is 3. The standard InChI is InChI=1S/C18H26ClN3O4S/c19-15-7-5-14(6-8-15)17(23)20-10-3-1-2-4-11-21-18(24)22-16-9-12-27(25,26)13-16/h5-8,16H,1-4,9-13H2,(H,20,23)(H2,21,22,24). The summed E-state index contributed by atoms with van der Waals surface area (Å²) in [5, 5.41) is 8.90. The van der Waals surface area contributed by atoms with Gasteiger partial charge in [-0.2, -0.15) is 0 Å². The van der Waals surface area contributed by atoms with Gasteiger partial charge in [0.2, 0.25) is 0 Å². The first-order valence-corrected chi connectivity index (χ1v) is 11.3. The first-order chi connectivity index (χ1) is 12.9. The number of rotatable bonds is 9. The molecule has 3 N–H and O–H groups in total. The maximum absolute atomic E-state index is 11.9. The molecule has 27 heavy (non-hydrogen) atoms. The number of urea groups is 1. The van der Waals surface area contributed by atoms with E-state index in [1.807, 2.05) is 0 Å². The minimum Gasteiger partial charge on any atom is -0.352 e. The number of hydrogen-bond acceptors (Lipinski definition) is 4. The van der Waals surface area contributed by atoms with E-state index in [1.165, 1.54) is 0 Å². The highest BCUT2D eigenvalue weighted by Gasteiger charge is 2.28. The maximum Gasteiger partial charge on any atom is 0.315 e. The number of carbonyl (C=O) groups excluding carboxylic acids is 2. The van der Waals surface area contributed by atoms with Gasteiger partial charge in [0.05, 0.1) is 11.5 Å². The number of carbonyl (C=O) groups is 2. The molecule has 0 aliphatic carbocycles. The molecule has 1 unspecified atom stereocenters. The Morgan fingerprint density at radius 1 is 1.00 bits per heavy atom. The SMILES string of the molecule is O=C(NCCCCCCNC(=O)c1ccc(Cl)cc1)NC1CCS(=O)(=O)C1. The van der Waals surface area contributed by atoms with Crippen LogP contribution in [0.25, 0.3) is 0 Å². The van der Waals surface area contributed by atoms with E-state index >= 15 is 0 Å². The number of hydrogen-bond donors (Lipinski definition) is 3. The maximum atomic E-state index is 11.9. The van der Waals surface area contributed by atoms with Gasteiger partial charge in [0.25, 0.3) is 5.91 Å². The van der Waals surface area contributed by atoms with E-state index in [0.29, 0.717) is 30.1 Å². The Hall–Kier alpha value is -1.80. The molecule has 1 aromatic carbocycles. The summed E-state index contributed by atoms with van der Waals surface area (Å²) in [5.74, 6) is 0.0632. The van der Waals surface area contributed by atoms with Gasteiger partial charge in [0, 0.05) is 29.7 Å². The van der Waals surface area contributed by atoms with Crippen molar-refractivity contribution in [1.29, 1.82) is 0 Å². The van der Waals surface area contributed by atoms with Crippen molar-refractivity contribution in [3.8, 4) is 0 Å².